The molecule has 2 fully saturated rings. The van der Waals surface area contributed by atoms with Crippen molar-refractivity contribution >= 4 is 12.1 Å². The summed E-state index contributed by atoms with van der Waals surface area (Å²) in [4.78, 5) is 28.1. The molecule has 1 atom stereocenters. The fraction of sp³-hybridized carbons (Fsp3) is 0.867. The number of urea groups is 2. The number of imide groups is 1. The van der Waals surface area contributed by atoms with E-state index < -0.39 is 6.03 Å². The zero-order chi connectivity index (χ0) is 16.0. The molecule has 2 saturated heterocycles. The minimum absolute atomic E-state index is 0.0136. The molecule has 0 radical (unpaired) electrons. The fourth-order valence-corrected chi connectivity index (χ4v) is 3.71. The lowest BCUT2D eigenvalue weighted by Gasteiger charge is -2.55. The molecule has 1 unspecified atom stereocenters. The highest BCUT2D eigenvalue weighted by Crippen LogP contribution is 2.39. The molecule has 2 N–H and O–H groups in total. The second-order valence-corrected chi connectivity index (χ2v) is 7.70. The summed E-state index contributed by atoms with van der Waals surface area (Å²) in [6, 6.07) is -0.580. The second-order valence-electron chi connectivity index (χ2n) is 7.70. The Balaban J connectivity index is 2.24. The molecule has 0 saturated carbocycles. The standard InChI is InChI=1S/C15H28N4O2/c1-10-9-19(13(21)17-12(20)16-10)11-7-14(2,3)18(6)15(4,5)8-11/h10-11H,7-9H2,1-6H3,(H2,16,17,20,21). The summed E-state index contributed by atoms with van der Waals surface area (Å²) in [7, 11) is 2.15. The number of nitrogens with one attached hydrogen (secondary N) is 2. The Bertz CT molecular complexity index is 429. The van der Waals surface area contributed by atoms with Crippen LogP contribution in [0.2, 0.25) is 0 Å². The highest BCUT2D eigenvalue weighted by atomic mass is 16.2. The van der Waals surface area contributed by atoms with Gasteiger partial charge in [0.15, 0.2) is 0 Å². The van der Waals surface area contributed by atoms with E-state index in [9.17, 15) is 9.59 Å². The largest absolute Gasteiger partial charge is 0.334 e. The first-order chi connectivity index (χ1) is 9.53. The maximum atomic E-state index is 12.3. The van der Waals surface area contributed by atoms with Crippen molar-refractivity contribution in [3.63, 3.8) is 0 Å². The molecule has 4 amide bonds. The quantitative estimate of drug-likeness (QED) is 0.775. The molecule has 0 aliphatic carbocycles. The number of hydrogen-bond donors (Lipinski definition) is 2. The van der Waals surface area contributed by atoms with Crippen LogP contribution in [0.3, 0.4) is 0 Å². The van der Waals surface area contributed by atoms with E-state index in [2.05, 4.69) is 50.3 Å². The molecule has 0 aromatic heterocycles. The van der Waals surface area contributed by atoms with Crippen molar-refractivity contribution in [1.82, 2.24) is 20.4 Å². The SMILES string of the molecule is CC1CN(C2CC(C)(C)N(C)C(C)(C)C2)C(=O)NC(=O)N1. The number of nitrogens with zero attached hydrogens (tertiary/aromatic N) is 2. The molecular formula is C15H28N4O2. The van der Waals surface area contributed by atoms with E-state index in [1.54, 1.807) is 0 Å². The van der Waals surface area contributed by atoms with Gasteiger partial charge in [-0.2, -0.15) is 0 Å². The van der Waals surface area contributed by atoms with Crippen molar-refractivity contribution in [2.45, 2.75) is 70.6 Å². The number of amides is 4. The normalized spacial score (nSPS) is 30.6. The summed E-state index contributed by atoms with van der Waals surface area (Å²) in [6.07, 6.45) is 1.81. The van der Waals surface area contributed by atoms with Crippen molar-refractivity contribution < 1.29 is 9.59 Å². The van der Waals surface area contributed by atoms with Crippen molar-refractivity contribution in [2.75, 3.05) is 13.6 Å². The van der Waals surface area contributed by atoms with E-state index in [4.69, 9.17) is 0 Å². The topological polar surface area (TPSA) is 64.7 Å². The maximum Gasteiger partial charge on any atom is 0.325 e. The summed E-state index contributed by atoms with van der Waals surface area (Å²) in [5.41, 5.74) is 0.0271. The molecular weight excluding hydrogens is 268 g/mol. The molecule has 21 heavy (non-hydrogen) atoms. The number of carbonyl (C=O) groups is 2. The number of likely N-dealkylation sites (tertiary alicyclic amines) is 1. The predicted molar refractivity (Wildman–Crippen MR) is 82.2 cm³/mol. The monoisotopic (exact) mass is 296 g/mol. The van der Waals surface area contributed by atoms with Gasteiger partial charge in [0.2, 0.25) is 0 Å². The molecule has 0 aromatic rings. The van der Waals surface area contributed by atoms with E-state index in [0.717, 1.165) is 12.8 Å². The van der Waals surface area contributed by atoms with Gasteiger partial charge in [-0.05, 0) is 54.5 Å². The number of rotatable bonds is 1. The van der Waals surface area contributed by atoms with Crippen LogP contribution in [0.25, 0.3) is 0 Å². The molecule has 0 spiro atoms. The van der Waals surface area contributed by atoms with Gasteiger partial charge in [-0.3, -0.25) is 10.2 Å². The van der Waals surface area contributed by atoms with Crippen LogP contribution >= 0.6 is 0 Å². The van der Waals surface area contributed by atoms with Crippen LogP contribution in [-0.4, -0.2) is 58.6 Å². The first kappa shape index (κ1) is 16.1. The van der Waals surface area contributed by atoms with Crippen LogP contribution in [0.1, 0.15) is 47.5 Å². The van der Waals surface area contributed by atoms with Gasteiger partial charge in [-0.25, -0.2) is 9.59 Å². The molecule has 6 heteroatoms. The summed E-state index contributed by atoms with van der Waals surface area (Å²) < 4.78 is 0. The molecule has 120 valence electrons. The zero-order valence-corrected chi connectivity index (χ0v) is 14.0. The van der Waals surface area contributed by atoms with Crippen LogP contribution < -0.4 is 10.6 Å². The third-order valence-electron chi connectivity index (χ3n) is 5.06. The lowest BCUT2D eigenvalue weighted by Crippen LogP contribution is -2.64. The molecule has 2 aliphatic rings. The van der Waals surface area contributed by atoms with Gasteiger partial charge in [0.25, 0.3) is 0 Å². The lowest BCUT2D eigenvalue weighted by molar-refractivity contribution is -0.0387. The Hall–Kier alpha value is -1.30. The molecule has 2 heterocycles. The average Bonchev–Trinajstić information content (AvgIpc) is 2.43. The highest BCUT2D eigenvalue weighted by Gasteiger charge is 2.46. The van der Waals surface area contributed by atoms with Crippen LogP contribution in [-0.2, 0) is 0 Å². The van der Waals surface area contributed by atoms with Gasteiger partial charge >= 0.3 is 12.1 Å². The minimum atomic E-state index is -0.401. The van der Waals surface area contributed by atoms with Gasteiger partial charge in [0.1, 0.15) is 0 Å². The van der Waals surface area contributed by atoms with Crippen LogP contribution in [0.4, 0.5) is 9.59 Å². The van der Waals surface area contributed by atoms with E-state index in [0.29, 0.717) is 6.54 Å². The smallest absolute Gasteiger partial charge is 0.325 e. The van der Waals surface area contributed by atoms with Crippen molar-refractivity contribution in [2.24, 2.45) is 0 Å². The minimum Gasteiger partial charge on any atom is -0.334 e. The molecule has 0 aromatic carbocycles. The lowest BCUT2D eigenvalue weighted by atomic mass is 9.77. The van der Waals surface area contributed by atoms with Crippen molar-refractivity contribution in [3.8, 4) is 0 Å². The van der Waals surface area contributed by atoms with Crippen molar-refractivity contribution in [3.05, 3.63) is 0 Å². The summed E-state index contributed by atoms with van der Waals surface area (Å²) in [5, 5.41) is 5.18. The predicted octanol–water partition coefficient (Wildman–Crippen LogP) is 1.76. The Kier molecular flexibility index (Phi) is 3.95. The van der Waals surface area contributed by atoms with E-state index in [1.165, 1.54) is 0 Å². The van der Waals surface area contributed by atoms with Crippen molar-refractivity contribution in [1.29, 1.82) is 0 Å². The molecule has 0 bridgehead atoms. The van der Waals surface area contributed by atoms with E-state index >= 15 is 0 Å². The molecule has 6 nitrogen and oxygen atoms in total. The number of hydrogen-bond acceptors (Lipinski definition) is 3. The Morgan fingerprint density at radius 3 is 2.14 bits per heavy atom. The zero-order valence-electron chi connectivity index (χ0n) is 14.0. The molecule has 2 aliphatic heterocycles. The molecule has 2 rings (SSSR count). The van der Waals surface area contributed by atoms with Gasteiger partial charge < -0.3 is 10.2 Å². The first-order valence-corrected chi connectivity index (χ1v) is 7.65. The Morgan fingerprint density at radius 1 is 1.10 bits per heavy atom. The maximum absolute atomic E-state index is 12.3. The average molecular weight is 296 g/mol. The third-order valence-corrected chi connectivity index (χ3v) is 5.06. The van der Waals surface area contributed by atoms with Crippen LogP contribution in [0, 0.1) is 0 Å². The van der Waals surface area contributed by atoms with Gasteiger partial charge in [-0.15, -0.1) is 0 Å². The van der Waals surface area contributed by atoms with Gasteiger partial charge in [-0.1, -0.05) is 0 Å². The summed E-state index contributed by atoms with van der Waals surface area (Å²) in [6.45, 7) is 11.3. The van der Waals surface area contributed by atoms with E-state index in [1.807, 2.05) is 11.8 Å². The van der Waals surface area contributed by atoms with Crippen LogP contribution in [0.15, 0.2) is 0 Å². The second kappa shape index (κ2) is 5.16. The summed E-state index contributed by atoms with van der Waals surface area (Å²) >= 11 is 0. The Labute approximate surface area is 127 Å². The first-order valence-electron chi connectivity index (χ1n) is 7.65. The van der Waals surface area contributed by atoms with Crippen LogP contribution in [0.5, 0.6) is 0 Å². The van der Waals surface area contributed by atoms with E-state index in [-0.39, 0.29) is 29.2 Å². The fourth-order valence-electron chi connectivity index (χ4n) is 3.71. The van der Waals surface area contributed by atoms with Gasteiger partial charge in [0.05, 0.1) is 0 Å². The third kappa shape index (κ3) is 3.15. The number of carbonyl (C=O) groups excluding carboxylic acids is 2. The summed E-state index contributed by atoms with van der Waals surface area (Å²) in [5.74, 6) is 0. The van der Waals surface area contributed by atoms with Gasteiger partial charge in [0, 0.05) is 29.7 Å². The number of piperidine rings is 1. The Morgan fingerprint density at radius 2 is 1.62 bits per heavy atom. The highest BCUT2D eigenvalue weighted by molar-refractivity contribution is 5.94.